The van der Waals surface area contributed by atoms with Gasteiger partial charge in [0.15, 0.2) is 5.13 Å². The first kappa shape index (κ1) is 19.2. The summed E-state index contributed by atoms with van der Waals surface area (Å²) in [4.78, 5) is 9.09. The standard InChI is InChI=1S/C22H21N5OS2/c1-26-17-9-5-6-10-18(17)29-22(26)25-23-15-19-20(16-7-3-2-4-8-16)24-21(30-19)27-11-13-28-14-12-27/h2-10,15H,11-14H2,1H3/b23-15-,25-22+. The molecule has 0 atom stereocenters. The largest absolute Gasteiger partial charge is 0.378 e. The van der Waals surface area contributed by atoms with Gasteiger partial charge in [0.2, 0.25) is 4.80 Å². The summed E-state index contributed by atoms with van der Waals surface area (Å²) in [5.41, 5.74) is 3.19. The molecule has 1 saturated heterocycles. The Kier molecular flexibility index (Phi) is 5.44. The molecule has 0 radical (unpaired) electrons. The van der Waals surface area contributed by atoms with E-state index in [-0.39, 0.29) is 0 Å². The van der Waals surface area contributed by atoms with Crippen LogP contribution in [0.5, 0.6) is 0 Å². The zero-order valence-electron chi connectivity index (χ0n) is 16.6. The minimum absolute atomic E-state index is 0.738. The number of nitrogens with zero attached hydrogens (tertiary/aromatic N) is 5. The summed E-state index contributed by atoms with van der Waals surface area (Å²) >= 11 is 3.29. The molecule has 30 heavy (non-hydrogen) atoms. The van der Waals surface area contributed by atoms with Crippen molar-refractivity contribution < 1.29 is 4.74 Å². The Bertz CT molecular complexity index is 1250. The van der Waals surface area contributed by atoms with Gasteiger partial charge in [0.25, 0.3) is 0 Å². The SMILES string of the molecule is Cn1/c(=N\N=C/c2sc(N3CCOCC3)nc2-c2ccccc2)sc2ccccc21. The Morgan fingerprint density at radius 3 is 2.57 bits per heavy atom. The minimum Gasteiger partial charge on any atom is -0.378 e. The molecule has 152 valence electrons. The number of aromatic nitrogens is 2. The fraction of sp³-hybridized carbons (Fsp3) is 0.227. The summed E-state index contributed by atoms with van der Waals surface area (Å²) in [6.07, 6.45) is 1.83. The summed E-state index contributed by atoms with van der Waals surface area (Å²) in [6.45, 7) is 3.20. The van der Waals surface area contributed by atoms with Crippen LogP contribution in [0.4, 0.5) is 5.13 Å². The van der Waals surface area contributed by atoms with Gasteiger partial charge in [-0.15, -0.1) is 5.10 Å². The fourth-order valence-electron chi connectivity index (χ4n) is 3.41. The molecule has 1 fully saturated rings. The number of morpholine rings is 1. The predicted octanol–water partition coefficient (Wildman–Crippen LogP) is 4.13. The first-order valence-corrected chi connectivity index (χ1v) is 11.4. The van der Waals surface area contributed by atoms with E-state index < -0.39 is 0 Å². The van der Waals surface area contributed by atoms with Crippen molar-refractivity contribution in [2.45, 2.75) is 0 Å². The van der Waals surface area contributed by atoms with Gasteiger partial charge >= 0.3 is 0 Å². The van der Waals surface area contributed by atoms with Crippen LogP contribution in [0.15, 0.2) is 64.8 Å². The average Bonchev–Trinajstić information content (AvgIpc) is 3.37. The molecule has 8 heteroatoms. The van der Waals surface area contributed by atoms with Crippen molar-refractivity contribution in [3.8, 4) is 11.3 Å². The highest BCUT2D eigenvalue weighted by Crippen LogP contribution is 2.32. The molecule has 0 N–H and O–H groups in total. The van der Waals surface area contributed by atoms with Gasteiger partial charge in [-0.25, -0.2) is 4.98 Å². The van der Waals surface area contributed by atoms with Crippen molar-refractivity contribution in [1.82, 2.24) is 9.55 Å². The topological polar surface area (TPSA) is 55.0 Å². The van der Waals surface area contributed by atoms with E-state index in [0.717, 1.165) is 57.9 Å². The third kappa shape index (κ3) is 3.81. The number of ether oxygens (including phenoxy) is 1. The van der Waals surface area contributed by atoms with E-state index >= 15 is 0 Å². The smallest absolute Gasteiger partial charge is 0.211 e. The number of fused-ring (bicyclic) bond motifs is 1. The zero-order valence-corrected chi connectivity index (χ0v) is 18.2. The first-order valence-electron chi connectivity index (χ1n) is 9.80. The second kappa shape index (κ2) is 8.51. The third-order valence-corrected chi connectivity index (χ3v) is 7.16. The highest BCUT2D eigenvalue weighted by molar-refractivity contribution is 7.17. The molecule has 2 aromatic carbocycles. The van der Waals surface area contributed by atoms with Gasteiger partial charge in [-0.1, -0.05) is 65.1 Å². The second-order valence-corrected chi connectivity index (χ2v) is 8.95. The molecule has 0 amide bonds. The van der Waals surface area contributed by atoms with E-state index in [2.05, 4.69) is 43.9 Å². The summed E-state index contributed by atoms with van der Waals surface area (Å²) < 4.78 is 8.76. The third-order valence-electron chi connectivity index (χ3n) is 5.00. The molecular weight excluding hydrogens is 414 g/mol. The number of para-hydroxylation sites is 1. The maximum atomic E-state index is 5.49. The summed E-state index contributed by atoms with van der Waals surface area (Å²) in [5.74, 6) is 0. The van der Waals surface area contributed by atoms with E-state index in [4.69, 9.17) is 9.72 Å². The van der Waals surface area contributed by atoms with Crippen molar-refractivity contribution >= 4 is 44.2 Å². The van der Waals surface area contributed by atoms with Crippen molar-refractivity contribution in [3.63, 3.8) is 0 Å². The highest BCUT2D eigenvalue weighted by atomic mass is 32.1. The van der Waals surface area contributed by atoms with E-state index in [9.17, 15) is 0 Å². The first-order chi connectivity index (χ1) is 14.8. The average molecular weight is 436 g/mol. The van der Waals surface area contributed by atoms with Crippen molar-refractivity contribution in [1.29, 1.82) is 0 Å². The monoisotopic (exact) mass is 435 g/mol. The molecular formula is C22H21N5OS2. The summed E-state index contributed by atoms with van der Waals surface area (Å²) in [7, 11) is 2.02. The Labute approximate surface area is 182 Å². The van der Waals surface area contributed by atoms with Gasteiger partial charge in [-0.2, -0.15) is 5.10 Å². The normalized spacial score (nSPS) is 15.5. The number of anilines is 1. The van der Waals surface area contributed by atoms with Crippen LogP contribution in [0, 0.1) is 0 Å². The lowest BCUT2D eigenvalue weighted by Gasteiger charge is -2.26. The van der Waals surface area contributed by atoms with Crippen LogP contribution in [0.2, 0.25) is 0 Å². The molecule has 1 aliphatic rings. The lowest BCUT2D eigenvalue weighted by atomic mass is 10.1. The van der Waals surface area contributed by atoms with Crippen LogP contribution in [0.25, 0.3) is 21.5 Å². The molecule has 0 bridgehead atoms. The molecule has 0 unspecified atom stereocenters. The Morgan fingerprint density at radius 2 is 1.77 bits per heavy atom. The highest BCUT2D eigenvalue weighted by Gasteiger charge is 2.18. The van der Waals surface area contributed by atoms with Crippen molar-refractivity contribution in [2.75, 3.05) is 31.2 Å². The quantitative estimate of drug-likeness (QED) is 0.358. The Balaban J connectivity index is 1.52. The maximum Gasteiger partial charge on any atom is 0.211 e. The Hall–Kier alpha value is -2.81. The number of hydrogen-bond acceptors (Lipinski definition) is 7. The molecule has 6 nitrogen and oxygen atoms in total. The van der Waals surface area contributed by atoms with Crippen LogP contribution in [0.1, 0.15) is 4.88 Å². The van der Waals surface area contributed by atoms with Crippen LogP contribution < -0.4 is 9.70 Å². The number of hydrogen-bond donors (Lipinski definition) is 0. The number of thiazole rings is 2. The molecule has 0 aliphatic carbocycles. The predicted molar refractivity (Wildman–Crippen MR) is 125 cm³/mol. The van der Waals surface area contributed by atoms with Gasteiger partial charge in [0, 0.05) is 25.7 Å². The van der Waals surface area contributed by atoms with Crippen molar-refractivity contribution in [2.24, 2.45) is 17.3 Å². The molecule has 5 rings (SSSR count). The molecule has 3 heterocycles. The maximum absolute atomic E-state index is 5.49. The van der Waals surface area contributed by atoms with E-state index in [1.54, 1.807) is 22.7 Å². The van der Waals surface area contributed by atoms with Crippen LogP contribution in [0.3, 0.4) is 0 Å². The molecule has 0 saturated carbocycles. The fourth-order valence-corrected chi connectivity index (χ4v) is 5.39. The summed E-state index contributed by atoms with van der Waals surface area (Å²) in [6, 6.07) is 18.5. The van der Waals surface area contributed by atoms with Crippen LogP contribution in [-0.2, 0) is 11.8 Å². The van der Waals surface area contributed by atoms with E-state index in [0.29, 0.717) is 0 Å². The zero-order chi connectivity index (χ0) is 20.3. The summed E-state index contributed by atoms with van der Waals surface area (Å²) in [5, 5.41) is 9.93. The lowest BCUT2D eigenvalue weighted by Crippen LogP contribution is -2.36. The van der Waals surface area contributed by atoms with Gasteiger partial charge in [0.1, 0.15) is 0 Å². The van der Waals surface area contributed by atoms with Gasteiger partial charge in [-0.05, 0) is 12.1 Å². The van der Waals surface area contributed by atoms with Crippen LogP contribution in [-0.4, -0.2) is 42.1 Å². The van der Waals surface area contributed by atoms with Gasteiger partial charge < -0.3 is 14.2 Å². The number of aryl methyl sites for hydroxylation is 1. The van der Waals surface area contributed by atoms with Gasteiger partial charge in [0.05, 0.1) is 40.2 Å². The van der Waals surface area contributed by atoms with E-state index in [1.807, 2.05) is 43.6 Å². The molecule has 4 aromatic rings. The number of benzene rings is 2. The van der Waals surface area contributed by atoms with Crippen LogP contribution >= 0.6 is 22.7 Å². The van der Waals surface area contributed by atoms with Gasteiger partial charge in [-0.3, -0.25) is 0 Å². The number of rotatable bonds is 4. The minimum atomic E-state index is 0.738. The van der Waals surface area contributed by atoms with E-state index in [1.165, 1.54) is 4.70 Å². The molecule has 2 aromatic heterocycles. The molecule has 1 aliphatic heterocycles. The second-order valence-electron chi connectivity index (χ2n) is 6.93. The Morgan fingerprint density at radius 1 is 1.00 bits per heavy atom. The van der Waals surface area contributed by atoms with Crippen molar-refractivity contribution in [3.05, 3.63) is 64.3 Å². The lowest BCUT2D eigenvalue weighted by molar-refractivity contribution is 0.122. The molecule has 0 spiro atoms.